The second-order valence-electron chi connectivity index (χ2n) is 8.97. The number of hydrogen-bond donors (Lipinski definition) is 1. The fourth-order valence-corrected chi connectivity index (χ4v) is 5.39. The molecule has 0 bridgehead atoms. The lowest BCUT2D eigenvalue weighted by Crippen LogP contribution is -2.57. The van der Waals surface area contributed by atoms with Crippen molar-refractivity contribution in [2.24, 2.45) is 5.92 Å². The molecule has 198 valence electrons. The zero-order valence-corrected chi connectivity index (χ0v) is 20.2. The summed E-state index contributed by atoms with van der Waals surface area (Å²) in [5.41, 5.74) is -5.35. The molecule has 2 aromatic carbocycles. The van der Waals surface area contributed by atoms with Crippen molar-refractivity contribution in [2.75, 3.05) is 5.75 Å². The van der Waals surface area contributed by atoms with E-state index in [4.69, 9.17) is 0 Å². The highest BCUT2D eigenvalue weighted by atomic mass is 32.2. The summed E-state index contributed by atoms with van der Waals surface area (Å²) >= 11 is 0. The smallest absolute Gasteiger partial charge is 0.351 e. The van der Waals surface area contributed by atoms with Crippen LogP contribution in [0.4, 0.5) is 26.3 Å². The summed E-state index contributed by atoms with van der Waals surface area (Å²) in [4.78, 5) is 12.6. The Morgan fingerprint density at radius 1 is 0.944 bits per heavy atom. The maximum atomic E-state index is 13.7. The molecule has 0 atom stereocenters. The second-order valence-corrected chi connectivity index (χ2v) is 11.0. The van der Waals surface area contributed by atoms with Gasteiger partial charge in [-0.25, -0.2) is 8.42 Å². The number of nitrogens with one attached hydrogen (secondary N) is 1. The van der Waals surface area contributed by atoms with E-state index in [9.17, 15) is 39.6 Å². The summed E-state index contributed by atoms with van der Waals surface area (Å²) in [6.07, 6.45) is -11.2. The Balaban J connectivity index is 1.73. The predicted molar refractivity (Wildman–Crippen MR) is 119 cm³/mol. The molecule has 0 saturated heterocycles. The number of sulfone groups is 1. The minimum atomic E-state index is -5.81. The lowest BCUT2D eigenvalue weighted by Gasteiger charge is -2.38. The molecule has 0 spiro atoms. The standard InChI is InChI=1S/C24H25F6NO4S/c1-15(2)35-22(23(25,26)27,24(28,29)30)19-9-7-18(8-10-19)21(32)31-13-16-5-11-20(12-6-16)36(33,34)14-17-3-4-17/h5-12,15,17H,3-4,13-14H2,1-2H3,(H,31,32). The number of ether oxygens (including phenoxy) is 1. The summed E-state index contributed by atoms with van der Waals surface area (Å²) < 4.78 is 111. The van der Waals surface area contributed by atoms with Crippen molar-refractivity contribution in [1.82, 2.24) is 5.32 Å². The third-order valence-corrected chi connectivity index (χ3v) is 7.55. The van der Waals surface area contributed by atoms with Crippen molar-refractivity contribution in [3.63, 3.8) is 0 Å². The van der Waals surface area contributed by atoms with Gasteiger partial charge in [0.1, 0.15) is 0 Å². The number of rotatable bonds is 9. The molecule has 2 aromatic rings. The molecule has 1 saturated carbocycles. The molecule has 1 aliphatic carbocycles. The van der Waals surface area contributed by atoms with Gasteiger partial charge in [0.25, 0.3) is 11.5 Å². The van der Waals surface area contributed by atoms with Gasteiger partial charge in [-0.1, -0.05) is 24.3 Å². The highest BCUT2D eigenvalue weighted by Gasteiger charge is 2.73. The summed E-state index contributed by atoms with van der Waals surface area (Å²) in [5.74, 6) is -0.457. The van der Waals surface area contributed by atoms with Crippen LogP contribution in [0.1, 0.15) is 48.2 Å². The SMILES string of the molecule is CC(C)OC(c1ccc(C(=O)NCc2ccc(S(=O)(=O)CC3CC3)cc2)cc1)(C(F)(F)F)C(F)(F)F. The first kappa shape index (κ1) is 28.0. The van der Waals surface area contributed by atoms with Crippen LogP contribution in [0.2, 0.25) is 0 Å². The molecular weight excluding hydrogens is 512 g/mol. The van der Waals surface area contributed by atoms with Crippen LogP contribution in [-0.2, 0) is 26.7 Å². The van der Waals surface area contributed by atoms with Crippen molar-refractivity contribution in [3.05, 3.63) is 65.2 Å². The van der Waals surface area contributed by atoms with Gasteiger partial charge in [0, 0.05) is 17.7 Å². The van der Waals surface area contributed by atoms with Crippen molar-refractivity contribution >= 4 is 15.7 Å². The van der Waals surface area contributed by atoms with Crippen LogP contribution in [0.15, 0.2) is 53.4 Å². The number of alkyl halides is 6. The molecule has 36 heavy (non-hydrogen) atoms. The molecule has 12 heteroatoms. The monoisotopic (exact) mass is 537 g/mol. The molecule has 1 aliphatic rings. The molecule has 0 aliphatic heterocycles. The van der Waals surface area contributed by atoms with Gasteiger partial charge in [0.05, 0.1) is 16.8 Å². The summed E-state index contributed by atoms with van der Waals surface area (Å²) in [6.45, 7) is 2.08. The lowest BCUT2D eigenvalue weighted by atomic mass is 9.90. The van der Waals surface area contributed by atoms with Crippen LogP contribution in [0.5, 0.6) is 0 Å². The number of carbonyl (C=O) groups excluding carboxylic acids is 1. The number of benzene rings is 2. The minimum absolute atomic E-state index is 0.0327. The highest BCUT2D eigenvalue weighted by molar-refractivity contribution is 7.91. The second kappa shape index (κ2) is 10.0. The molecule has 1 fully saturated rings. The first-order valence-corrected chi connectivity index (χ1v) is 12.7. The third-order valence-electron chi connectivity index (χ3n) is 5.65. The van der Waals surface area contributed by atoms with Crippen molar-refractivity contribution in [2.45, 2.75) is 62.2 Å². The van der Waals surface area contributed by atoms with Gasteiger partial charge in [-0.3, -0.25) is 4.79 Å². The van der Waals surface area contributed by atoms with Crippen LogP contribution < -0.4 is 5.32 Å². The Bertz CT molecular complexity index is 1160. The van der Waals surface area contributed by atoms with E-state index in [0.29, 0.717) is 17.7 Å². The van der Waals surface area contributed by atoms with E-state index < -0.39 is 45.4 Å². The fourth-order valence-electron chi connectivity index (χ4n) is 3.69. The average molecular weight is 538 g/mol. The number of amides is 1. The molecule has 3 rings (SSSR count). The molecule has 1 amide bonds. The first-order chi connectivity index (χ1) is 16.6. The van der Waals surface area contributed by atoms with Gasteiger partial charge >= 0.3 is 12.4 Å². The van der Waals surface area contributed by atoms with Gasteiger partial charge < -0.3 is 10.1 Å². The normalized spacial score (nSPS) is 15.2. The van der Waals surface area contributed by atoms with Gasteiger partial charge in [-0.15, -0.1) is 0 Å². The Morgan fingerprint density at radius 3 is 1.92 bits per heavy atom. The Kier molecular flexibility index (Phi) is 7.81. The summed E-state index contributed by atoms with van der Waals surface area (Å²) in [6, 6.07) is 8.74. The van der Waals surface area contributed by atoms with Crippen molar-refractivity contribution in [3.8, 4) is 0 Å². The lowest BCUT2D eigenvalue weighted by molar-refractivity contribution is -0.396. The van der Waals surface area contributed by atoms with Crippen LogP contribution in [-0.4, -0.2) is 38.5 Å². The van der Waals surface area contributed by atoms with Gasteiger partial charge in [-0.2, -0.15) is 26.3 Å². The average Bonchev–Trinajstić information content (AvgIpc) is 3.57. The van der Waals surface area contributed by atoms with E-state index in [2.05, 4.69) is 10.1 Å². The Labute approximate surface area is 204 Å². The zero-order valence-electron chi connectivity index (χ0n) is 19.4. The minimum Gasteiger partial charge on any atom is -0.351 e. The number of carbonyl (C=O) groups is 1. The predicted octanol–water partition coefficient (Wildman–Crippen LogP) is 5.55. The van der Waals surface area contributed by atoms with Crippen LogP contribution in [0.3, 0.4) is 0 Å². The Hall–Kier alpha value is -2.60. The van der Waals surface area contributed by atoms with Crippen LogP contribution in [0, 0.1) is 5.92 Å². The highest BCUT2D eigenvalue weighted by Crippen LogP contribution is 2.53. The van der Waals surface area contributed by atoms with Gasteiger partial charge in [0.2, 0.25) is 0 Å². The molecule has 0 radical (unpaired) electrons. The van der Waals surface area contributed by atoms with Gasteiger partial charge in [0.15, 0.2) is 9.84 Å². The quantitative estimate of drug-likeness (QED) is 0.426. The Morgan fingerprint density at radius 2 is 1.47 bits per heavy atom. The van der Waals surface area contributed by atoms with E-state index in [0.717, 1.165) is 38.8 Å². The maximum Gasteiger partial charge on any atom is 0.430 e. The number of halogens is 6. The molecule has 0 heterocycles. The topological polar surface area (TPSA) is 72.5 Å². The largest absolute Gasteiger partial charge is 0.430 e. The summed E-state index contributed by atoms with van der Waals surface area (Å²) in [5, 5.41) is 2.50. The van der Waals surface area contributed by atoms with E-state index in [-0.39, 0.29) is 28.7 Å². The van der Waals surface area contributed by atoms with Crippen molar-refractivity contribution < 1.29 is 44.3 Å². The van der Waals surface area contributed by atoms with E-state index >= 15 is 0 Å². The van der Waals surface area contributed by atoms with Crippen molar-refractivity contribution in [1.29, 1.82) is 0 Å². The first-order valence-electron chi connectivity index (χ1n) is 11.1. The van der Waals surface area contributed by atoms with Crippen LogP contribution in [0.25, 0.3) is 0 Å². The van der Waals surface area contributed by atoms with E-state index in [1.54, 1.807) is 0 Å². The molecule has 5 nitrogen and oxygen atoms in total. The molecule has 1 N–H and O–H groups in total. The summed E-state index contributed by atoms with van der Waals surface area (Å²) in [7, 11) is -3.39. The van der Waals surface area contributed by atoms with E-state index in [1.165, 1.54) is 24.3 Å². The van der Waals surface area contributed by atoms with E-state index in [1.807, 2.05) is 0 Å². The molecular formula is C24H25F6NO4S. The zero-order chi connectivity index (χ0) is 26.9. The number of hydrogen-bond acceptors (Lipinski definition) is 4. The third kappa shape index (κ3) is 6.03. The maximum absolute atomic E-state index is 13.7. The fraction of sp³-hybridized carbons (Fsp3) is 0.458. The van der Waals surface area contributed by atoms with Crippen LogP contribution >= 0.6 is 0 Å². The van der Waals surface area contributed by atoms with Gasteiger partial charge in [-0.05, 0) is 62.4 Å². The molecule has 0 unspecified atom stereocenters. The molecule has 0 aromatic heterocycles.